The van der Waals surface area contributed by atoms with Gasteiger partial charge in [-0.05, 0) is 41.8 Å². The van der Waals surface area contributed by atoms with E-state index in [1.54, 1.807) is 24.8 Å². The third kappa shape index (κ3) is 2.74. The molecule has 150 valence electrons. The van der Waals surface area contributed by atoms with E-state index in [-0.39, 0.29) is 17.1 Å². The Balaban J connectivity index is 1.82. The molecule has 0 N–H and O–H groups in total. The van der Waals surface area contributed by atoms with Crippen LogP contribution >= 0.6 is 11.3 Å². The van der Waals surface area contributed by atoms with Gasteiger partial charge in [0.15, 0.2) is 10.6 Å². The van der Waals surface area contributed by atoms with Crippen molar-refractivity contribution in [3.63, 3.8) is 0 Å². The number of hydrogen-bond donors (Lipinski definition) is 0. The van der Waals surface area contributed by atoms with Crippen molar-refractivity contribution < 1.29 is 13.9 Å². The molecular formula is C23H18N2O4S. The second-order valence-electron chi connectivity index (χ2n) is 7.03. The van der Waals surface area contributed by atoms with Crippen LogP contribution in [-0.4, -0.2) is 18.0 Å². The van der Waals surface area contributed by atoms with E-state index in [1.807, 2.05) is 43.3 Å². The number of carbonyl (C=O) groups excluding carboxylic acids is 1. The minimum absolute atomic E-state index is 0.0692. The largest absolute Gasteiger partial charge is 0.497 e. The molecule has 1 atom stereocenters. The van der Waals surface area contributed by atoms with E-state index < -0.39 is 6.04 Å². The fourth-order valence-electron chi connectivity index (χ4n) is 3.90. The van der Waals surface area contributed by atoms with Gasteiger partial charge in [-0.2, -0.15) is 0 Å². The summed E-state index contributed by atoms with van der Waals surface area (Å²) in [6, 6.07) is 12.3. The summed E-state index contributed by atoms with van der Waals surface area (Å²) in [5.74, 6) is 0.344. The number of aromatic nitrogens is 1. The predicted octanol–water partition coefficient (Wildman–Crippen LogP) is 4.57. The van der Waals surface area contributed by atoms with Crippen LogP contribution in [0.2, 0.25) is 0 Å². The van der Waals surface area contributed by atoms with E-state index in [9.17, 15) is 9.59 Å². The first-order valence-corrected chi connectivity index (χ1v) is 10.5. The van der Waals surface area contributed by atoms with Crippen molar-refractivity contribution in [1.29, 1.82) is 0 Å². The molecule has 0 spiro atoms. The molecule has 1 aliphatic heterocycles. The van der Waals surface area contributed by atoms with Crippen molar-refractivity contribution in [2.24, 2.45) is 0 Å². The van der Waals surface area contributed by atoms with Crippen LogP contribution in [0.3, 0.4) is 0 Å². The van der Waals surface area contributed by atoms with E-state index in [0.717, 1.165) is 17.5 Å². The molecular weight excluding hydrogens is 400 g/mol. The second-order valence-corrected chi connectivity index (χ2v) is 7.90. The van der Waals surface area contributed by atoms with Gasteiger partial charge < -0.3 is 9.15 Å². The molecule has 0 radical (unpaired) electrons. The Morgan fingerprint density at radius 1 is 1.20 bits per heavy atom. The molecule has 0 saturated heterocycles. The highest BCUT2D eigenvalue weighted by molar-refractivity contribution is 7.13. The van der Waals surface area contributed by atoms with Crippen LogP contribution < -0.4 is 15.1 Å². The molecule has 2 aromatic heterocycles. The molecule has 7 heteroatoms. The van der Waals surface area contributed by atoms with Crippen molar-refractivity contribution in [3.8, 4) is 5.75 Å². The van der Waals surface area contributed by atoms with Gasteiger partial charge in [-0.3, -0.25) is 14.5 Å². The Kier molecular flexibility index (Phi) is 4.40. The Labute approximate surface area is 176 Å². The molecule has 4 aromatic rings. The van der Waals surface area contributed by atoms with Crippen LogP contribution in [0.4, 0.5) is 5.13 Å². The summed E-state index contributed by atoms with van der Waals surface area (Å²) in [7, 11) is 1.58. The Bertz CT molecular complexity index is 1330. The lowest BCUT2D eigenvalue weighted by molar-refractivity contribution is 0.0971. The lowest BCUT2D eigenvalue weighted by atomic mass is 9.98. The fourth-order valence-corrected chi connectivity index (χ4v) is 4.57. The first kappa shape index (κ1) is 18.6. The normalized spacial score (nSPS) is 15.6. The number of nitrogens with zero attached hydrogens (tertiary/aromatic N) is 2. The number of carbonyl (C=O) groups is 1. The van der Waals surface area contributed by atoms with Crippen LogP contribution in [0.1, 0.15) is 40.2 Å². The third-order valence-corrected chi connectivity index (χ3v) is 6.15. The number of amides is 1. The second kappa shape index (κ2) is 7.11. The number of aryl methyl sites for hydroxylation is 1. The van der Waals surface area contributed by atoms with Crippen molar-refractivity contribution in [1.82, 2.24) is 4.98 Å². The number of methoxy groups -OCH3 is 1. The highest BCUT2D eigenvalue weighted by Gasteiger charge is 2.44. The lowest BCUT2D eigenvalue weighted by Crippen LogP contribution is -2.29. The van der Waals surface area contributed by atoms with Gasteiger partial charge in [-0.15, -0.1) is 11.3 Å². The minimum atomic E-state index is -0.639. The number of fused-ring (bicyclic) bond motifs is 2. The molecule has 0 bridgehead atoms. The van der Waals surface area contributed by atoms with Gasteiger partial charge in [0.05, 0.1) is 24.1 Å². The molecule has 3 heterocycles. The Hall–Kier alpha value is -3.45. The summed E-state index contributed by atoms with van der Waals surface area (Å²) in [5, 5.41) is 2.79. The first-order chi connectivity index (χ1) is 14.6. The molecule has 1 aliphatic rings. The zero-order valence-corrected chi connectivity index (χ0v) is 17.2. The molecule has 1 unspecified atom stereocenters. The summed E-state index contributed by atoms with van der Waals surface area (Å²) in [4.78, 5) is 32.8. The van der Waals surface area contributed by atoms with Gasteiger partial charge in [-0.25, -0.2) is 4.98 Å². The highest BCUT2D eigenvalue weighted by atomic mass is 32.1. The summed E-state index contributed by atoms with van der Waals surface area (Å²) in [5.41, 5.74) is 2.35. The van der Waals surface area contributed by atoms with Gasteiger partial charge in [0.2, 0.25) is 5.76 Å². The van der Waals surface area contributed by atoms with Crippen LogP contribution in [-0.2, 0) is 6.42 Å². The number of anilines is 1. The Morgan fingerprint density at radius 2 is 2.07 bits per heavy atom. The van der Waals surface area contributed by atoms with E-state index in [1.165, 1.54) is 16.2 Å². The van der Waals surface area contributed by atoms with Crippen molar-refractivity contribution >= 4 is 33.3 Å². The number of rotatable bonds is 4. The lowest BCUT2D eigenvalue weighted by Gasteiger charge is -2.22. The monoisotopic (exact) mass is 418 g/mol. The smallest absolute Gasteiger partial charge is 0.297 e. The quantitative estimate of drug-likeness (QED) is 0.485. The average molecular weight is 418 g/mol. The van der Waals surface area contributed by atoms with Crippen LogP contribution in [0.25, 0.3) is 11.0 Å². The standard InChI is InChI=1S/C23H18N2O4S/c1-3-13-7-8-17-16(11-13)20(26)18-19(14-5-4-6-15(12-14)28-2)25(22(27)21(18)29-17)23-24-9-10-30-23/h4-12,19H,3H2,1-2H3. The van der Waals surface area contributed by atoms with E-state index in [2.05, 4.69) is 4.98 Å². The van der Waals surface area contributed by atoms with Crippen molar-refractivity contribution in [2.45, 2.75) is 19.4 Å². The SMILES string of the molecule is CCc1ccc2oc3c(c(=O)c2c1)C(c1cccc(OC)c1)N(c1nccs1)C3=O. The topological polar surface area (TPSA) is 72.6 Å². The zero-order valence-electron chi connectivity index (χ0n) is 16.4. The molecule has 6 nitrogen and oxygen atoms in total. The fraction of sp³-hybridized carbons (Fsp3) is 0.174. The predicted molar refractivity (Wildman–Crippen MR) is 116 cm³/mol. The van der Waals surface area contributed by atoms with Gasteiger partial charge in [0.25, 0.3) is 5.91 Å². The summed E-state index contributed by atoms with van der Waals surface area (Å²) >= 11 is 1.34. The van der Waals surface area contributed by atoms with Crippen molar-refractivity contribution in [2.75, 3.05) is 12.0 Å². The summed E-state index contributed by atoms with van der Waals surface area (Å²) < 4.78 is 11.4. The van der Waals surface area contributed by atoms with Gasteiger partial charge in [0, 0.05) is 11.6 Å². The van der Waals surface area contributed by atoms with Crippen LogP contribution in [0.15, 0.2) is 63.3 Å². The molecule has 5 rings (SSSR count). The average Bonchev–Trinajstić information content (AvgIpc) is 3.40. The van der Waals surface area contributed by atoms with E-state index in [0.29, 0.717) is 27.4 Å². The van der Waals surface area contributed by atoms with E-state index in [4.69, 9.17) is 9.15 Å². The maximum atomic E-state index is 13.6. The molecule has 1 amide bonds. The van der Waals surface area contributed by atoms with Gasteiger partial charge >= 0.3 is 0 Å². The molecule has 0 aliphatic carbocycles. The van der Waals surface area contributed by atoms with Gasteiger partial charge in [-0.1, -0.05) is 25.1 Å². The maximum Gasteiger partial charge on any atom is 0.297 e. The molecule has 0 saturated carbocycles. The van der Waals surface area contributed by atoms with Crippen LogP contribution in [0, 0.1) is 0 Å². The van der Waals surface area contributed by atoms with Crippen LogP contribution in [0.5, 0.6) is 5.75 Å². The summed E-state index contributed by atoms with van der Waals surface area (Å²) in [6.07, 6.45) is 2.44. The molecule has 2 aromatic carbocycles. The molecule has 30 heavy (non-hydrogen) atoms. The molecule has 0 fully saturated rings. The number of hydrogen-bond acceptors (Lipinski definition) is 6. The first-order valence-electron chi connectivity index (χ1n) is 9.59. The summed E-state index contributed by atoms with van der Waals surface area (Å²) in [6.45, 7) is 2.03. The zero-order chi connectivity index (χ0) is 20.8. The van der Waals surface area contributed by atoms with Gasteiger partial charge in [0.1, 0.15) is 11.3 Å². The number of benzene rings is 2. The third-order valence-electron chi connectivity index (χ3n) is 5.38. The number of thiazole rings is 1. The Morgan fingerprint density at radius 3 is 2.80 bits per heavy atom. The highest BCUT2D eigenvalue weighted by Crippen LogP contribution is 2.42. The van der Waals surface area contributed by atoms with E-state index >= 15 is 0 Å². The number of ether oxygens (including phenoxy) is 1. The maximum absolute atomic E-state index is 13.6. The minimum Gasteiger partial charge on any atom is -0.497 e. The van der Waals surface area contributed by atoms with Crippen molar-refractivity contribution in [3.05, 3.63) is 86.7 Å².